The summed E-state index contributed by atoms with van der Waals surface area (Å²) in [5.41, 5.74) is 1.32. The number of aldehydes is 1. The smallest absolute Gasteiger partial charge is 0.326 e. The van der Waals surface area contributed by atoms with Gasteiger partial charge in [0.15, 0.2) is 6.61 Å². The second kappa shape index (κ2) is 8.47. The van der Waals surface area contributed by atoms with Crippen LogP contribution in [0.5, 0.6) is 5.75 Å². The van der Waals surface area contributed by atoms with E-state index in [4.69, 9.17) is 4.74 Å². The Hall–Kier alpha value is -3.15. The normalized spacial score (nSPS) is 11.3. The maximum atomic E-state index is 11.9. The molecule has 6 heteroatoms. The van der Waals surface area contributed by atoms with Crippen LogP contribution in [0.4, 0.5) is 0 Å². The van der Waals surface area contributed by atoms with E-state index in [1.807, 2.05) is 18.2 Å². The number of hydrogen-bond acceptors (Lipinski definition) is 4. The molecule has 2 aromatic rings. The zero-order valence-electron chi connectivity index (χ0n) is 12.8. The fourth-order valence-corrected chi connectivity index (χ4v) is 2.08. The average Bonchev–Trinajstić information content (AvgIpc) is 2.60. The Kier molecular flexibility index (Phi) is 6.08. The fourth-order valence-electron chi connectivity index (χ4n) is 2.08. The van der Waals surface area contributed by atoms with Crippen LogP contribution >= 0.6 is 0 Å². The van der Waals surface area contributed by atoms with E-state index in [1.54, 1.807) is 36.4 Å². The molecule has 0 aromatic heterocycles. The first-order chi connectivity index (χ1) is 11.6. The summed E-state index contributed by atoms with van der Waals surface area (Å²) >= 11 is 0. The van der Waals surface area contributed by atoms with Gasteiger partial charge in [-0.15, -0.1) is 0 Å². The molecule has 0 heterocycles. The van der Waals surface area contributed by atoms with Gasteiger partial charge in [0.1, 0.15) is 18.1 Å². The van der Waals surface area contributed by atoms with E-state index in [9.17, 15) is 19.5 Å². The third kappa shape index (κ3) is 5.24. The van der Waals surface area contributed by atoms with Gasteiger partial charge >= 0.3 is 5.97 Å². The lowest BCUT2D eigenvalue weighted by molar-refractivity contribution is -0.142. The molecule has 0 aliphatic rings. The molecule has 0 saturated carbocycles. The zero-order chi connectivity index (χ0) is 17.4. The molecule has 1 atom stereocenters. The molecular weight excluding hydrogens is 310 g/mol. The number of carboxylic acid groups (broad SMARTS) is 1. The first kappa shape index (κ1) is 17.2. The van der Waals surface area contributed by atoms with E-state index >= 15 is 0 Å². The van der Waals surface area contributed by atoms with E-state index in [2.05, 4.69) is 5.32 Å². The van der Waals surface area contributed by atoms with Crippen LogP contribution in [-0.4, -0.2) is 35.9 Å². The van der Waals surface area contributed by atoms with Gasteiger partial charge in [-0.05, 0) is 29.8 Å². The maximum Gasteiger partial charge on any atom is 0.326 e. The van der Waals surface area contributed by atoms with Gasteiger partial charge in [-0.3, -0.25) is 9.59 Å². The Balaban J connectivity index is 1.88. The second-order valence-corrected chi connectivity index (χ2v) is 5.12. The number of benzene rings is 2. The highest BCUT2D eigenvalue weighted by molar-refractivity contribution is 5.84. The van der Waals surface area contributed by atoms with Crippen molar-refractivity contribution < 1.29 is 24.2 Å². The summed E-state index contributed by atoms with van der Waals surface area (Å²) in [7, 11) is 0. The number of carbonyl (C=O) groups is 3. The lowest BCUT2D eigenvalue weighted by atomic mass is 10.1. The minimum Gasteiger partial charge on any atom is -0.484 e. The number of aliphatic carboxylic acids is 1. The molecule has 124 valence electrons. The van der Waals surface area contributed by atoms with E-state index in [0.29, 0.717) is 17.6 Å². The van der Waals surface area contributed by atoms with Gasteiger partial charge in [0.2, 0.25) is 0 Å². The molecule has 1 unspecified atom stereocenters. The number of carbonyl (C=O) groups excluding carboxylic acids is 2. The quantitative estimate of drug-likeness (QED) is 0.720. The predicted molar refractivity (Wildman–Crippen MR) is 87.0 cm³/mol. The van der Waals surface area contributed by atoms with E-state index in [-0.39, 0.29) is 13.0 Å². The standard InChI is InChI=1S/C18H17NO5/c20-11-14-6-8-15(9-7-14)24-12-17(21)19-16(18(22)23)10-13-4-2-1-3-5-13/h1-9,11,16H,10,12H2,(H,19,21)(H,22,23). The van der Waals surface area contributed by atoms with Crippen molar-refractivity contribution in [3.8, 4) is 5.75 Å². The van der Waals surface area contributed by atoms with Crippen molar-refractivity contribution in [3.63, 3.8) is 0 Å². The Bertz CT molecular complexity index is 697. The van der Waals surface area contributed by atoms with Crippen LogP contribution in [0.25, 0.3) is 0 Å². The highest BCUT2D eigenvalue weighted by atomic mass is 16.5. The first-order valence-corrected chi connectivity index (χ1v) is 7.32. The summed E-state index contributed by atoms with van der Waals surface area (Å²) in [6, 6.07) is 14.3. The maximum absolute atomic E-state index is 11.9. The van der Waals surface area contributed by atoms with Gasteiger partial charge in [-0.25, -0.2) is 4.79 Å². The Morgan fingerprint density at radius 3 is 2.33 bits per heavy atom. The van der Waals surface area contributed by atoms with Crippen LogP contribution in [0, 0.1) is 0 Å². The Morgan fingerprint density at radius 2 is 1.75 bits per heavy atom. The molecule has 2 N–H and O–H groups in total. The van der Waals surface area contributed by atoms with Crippen molar-refractivity contribution >= 4 is 18.2 Å². The van der Waals surface area contributed by atoms with Crippen molar-refractivity contribution in [1.29, 1.82) is 0 Å². The van der Waals surface area contributed by atoms with Gasteiger partial charge < -0.3 is 15.2 Å². The largest absolute Gasteiger partial charge is 0.484 e. The highest BCUT2D eigenvalue weighted by Gasteiger charge is 2.20. The molecule has 0 spiro atoms. The van der Waals surface area contributed by atoms with Crippen molar-refractivity contribution in [2.45, 2.75) is 12.5 Å². The van der Waals surface area contributed by atoms with Crippen LogP contribution in [0.15, 0.2) is 54.6 Å². The molecular formula is C18H17NO5. The van der Waals surface area contributed by atoms with Crippen molar-refractivity contribution in [1.82, 2.24) is 5.32 Å². The molecule has 24 heavy (non-hydrogen) atoms. The minimum atomic E-state index is -1.11. The molecule has 0 bridgehead atoms. The lowest BCUT2D eigenvalue weighted by Crippen LogP contribution is -2.44. The summed E-state index contributed by atoms with van der Waals surface area (Å²) in [5.74, 6) is -1.22. The minimum absolute atomic E-state index is 0.190. The lowest BCUT2D eigenvalue weighted by Gasteiger charge is -2.15. The van der Waals surface area contributed by atoms with Crippen molar-refractivity contribution in [2.75, 3.05) is 6.61 Å². The number of hydrogen-bond donors (Lipinski definition) is 2. The van der Waals surface area contributed by atoms with Crippen molar-refractivity contribution in [3.05, 3.63) is 65.7 Å². The summed E-state index contributed by atoms with van der Waals surface area (Å²) in [6.07, 6.45) is 0.896. The molecule has 1 amide bonds. The molecule has 2 aromatic carbocycles. The van der Waals surface area contributed by atoms with Gasteiger partial charge in [-0.2, -0.15) is 0 Å². The average molecular weight is 327 g/mol. The highest BCUT2D eigenvalue weighted by Crippen LogP contribution is 2.11. The van der Waals surface area contributed by atoms with Gasteiger partial charge in [0, 0.05) is 12.0 Å². The Labute approximate surface area is 139 Å². The molecule has 0 fully saturated rings. The number of carboxylic acids is 1. The molecule has 0 saturated heterocycles. The zero-order valence-corrected chi connectivity index (χ0v) is 12.8. The summed E-state index contributed by atoms with van der Waals surface area (Å²) in [6.45, 7) is -0.307. The summed E-state index contributed by atoms with van der Waals surface area (Å²) < 4.78 is 5.28. The number of ether oxygens (including phenoxy) is 1. The van der Waals surface area contributed by atoms with Gasteiger partial charge in [0.25, 0.3) is 5.91 Å². The second-order valence-electron chi connectivity index (χ2n) is 5.12. The van der Waals surface area contributed by atoms with Gasteiger partial charge in [0.05, 0.1) is 0 Å². The third-order valence-corrected chi connectivity index (χ3v) is 3.30. The summed E-state index contributed by atoms with van der Waals surface area (Å²) in [4.78, 5) is 33.7. The monoisotopic (exact) mass is 327 g/mol. The number of nitrogens with one attached hydrogen (secondary N) is 1. The number of amides is 1. The fraction of sp³-hybridized carbons (Fsp3) is 0.167. The van der Waals surface area contributed by atoms with Crippen LogP contribution in [0.3, 0.4) is 0 Å². The Morgan fingerprint density at radius 1 is 1.08 bits per heavy atom. The van der Waals surface area contributed by atoms with Crippen LogP contribution in [-0.2, 0) is 16.0 Å². The molecule has 0 aliphatic heterocycles. The third-order valence-electron chi connectivity index (χ3n) is 3.30. The van der Waals surface area contributed by atoms with Gasteiger partial charge in [-0.1, -0.05) is 30.3 Å². The molecule has 0 aliphatic carbocycles. The van der Waals surface area contributed by atoms with E-state index < -0.39 is 17.9 Å². The molecule has 6 nitrogen and oxygen atoms in total. The van der Waals surface area contributed by atoms with E-state index in [0.717, 1.165) is 5.56 Å². The first-order valence-electron chi connectivity index (χ1n) is 7.32. The molecule has 2 rings (SSSR count). The van der Waals surface area contributed by atoms with Crippen molar-refractivity contribution in [2.24, 2.45) is 0 Å². The topological polar surface area (TPSA) is 92.7 Å². The van der Waals surface area contributed by atoms with Crippen LogP contribution in [0.2, 0.25) is 0 Å². The van der Waals surface area contributed by atoms with Crippen LogP contribution in [0.1, 0.15) is 15.9 Å². The summed E-state index contributed by atoms with van der Waals surface area (Å²) in [5, 5.41) is 11.7. The van der Waals surface area contributed by atoms with E-state index in [1.165, 1.54) is 0 Å². The number of rotatable bonds is 8. The molecule has 0 radical (unpaired) electrons. The SMILES string of the molecule is O=Cc1ccc(OCC(=O)NC(Cc2ccccc2)C(=O)O)cc1. The van der Waals surface area contributed by atoms with Crippen LogP contribution < -0.4 is 10.1 Å². The predicted octanol–water partition coefficient (Wildman–Crippen LogP) is 1.69.